The maximum Gasteiger partial charge on any atom is 0.350 e. The van der Waals surface area contributed by atoms with E-state index in [1.54, 1.807) is 0 Å². The van der Waals surface area contributed by atoms with Crippen molar-refractivity contribution in [3.63, 3.8) is 0 Å². The van der Waals surface area contributed by atoms with E-state index in [-0.39, 0.29) is 11.6 Å². The van der Waals surface area contributed by atoms with E-state index in [0.29, 0.717) is 6.04 Å². The molecule has 1 N–H and O–H groups in total. The number of rotatable bonds is 1. The third-order valence-electron chi connectivity index (χ3n) is 7.78. The van der Waals surface area contributed by atoms with Gasteiger partial charge < -0.3 is 10.2 Å². The first-order valence-electron chi connectivity index (χ1n) is 12.3. The molecule has 1 spiro atoms. The summed E-state index contributed by atoms with van der Waals surface area (Å²) in [5, 5.41) is 3.77. The fourth-order valence-corrected chi connectivity index (χ4v) is 5.94. The molecule has 2 fully saturated rings. The molecule has 5 nitrogen and oxygen atoms in total. The number of aliphatic imine (C=N–C) groups is 1. The number of aryl methyl sites for hydroxylation is 1. The molecule has 5 heteroatoms. The van der Waals surface area contributed by atoms with E-state index in [2.05, 4.69) is 39.5 Å². The van der Waals surface area contributed by atoms with Gasteiger partial charge in [0, 0.05) is 24.8 Å². The number of anilines is 1. The number of benzene rings is 1. The van der Waals surface area contributed by atoms with Gasteiger partial charge in [0.25, 0.3) is 0 Å². The number of carbonyl (C=O) groups excluding carboxylic acids is 1. The Labute approximate surface area is 180 Å². The van der Waals surface area contributed by atoms with Gasteiger partial charge in [-0.25, -0.2) is 4.79 Å². The quantitative estimate of drug-likeness (QED) is 0.719. The number of amidine groups is 1. The number of hydrogen-bond donors (Lipinski definition) is 1. The Morgan fingerprint density at radius 2 is 1.57 bits per heavy atom. The first-order chi connectivity index (χ1) is 14.7. The highest BCUT2D eigenvalue weighted by Crippen LogP contribution is 2.39. The van der Waals surface area contributed by atoms with Gasteiger partial charge in [0.2, 0.25) is 0 Å². The molecule has 0 aromatic heterocycles. The Morgan fingerprint density at radius 1 is 0.867 bits per heavy atom. The van der Waals surface area contributed by atoms with Crippen molar-refractivity contribution in [3.05, 3.63) is 29.8 Å². The number of piperidine rings is 1. The molecule has 1 saturated heterocycles. The summed E-state index contributed by atoms with van der Waals surface area (Å²) in [6, 6.07) is 9.13. The van der Waals surface area contributed by atoms with Crippen molar-refractivity contribution in [2.24, 2.45) is 4.99 Å². The van der Waals surface area contributed by atoms with Crippen LogP contribution in [0.15, 0.2) is 29.3 Å². The summed E-state index contributed by atoms with van der Waals surface area (Å²) in [5.41, 5.74) is 2.09. The third kappa shape index (κ3) is 3.89. The minimum atomic E-state index is -0.299. The lowest BCUT2D eigenvalue weighted by Gasteiger charge is -2.45. The monoisotopic (exact) mass is 408 g/mol. The van der Waals surface area contributed by atoms with Crippen LogP contribution in [0.25, 0.3) is 0 Å². The summed E-state index contributed by atoms with van der Waals surface area (Å²) in [6.45, 7) is 3.29. The average molecular weight is 409 g/mol. The van der Waals surface area contributed by atoms with Gasteiger partial charge in [-0.1, -0.05) is 44.2 Å². The van der Waals surface area contributed by atoms with Crippen molar-refractivity contribution < 1.29 is 4.79 Å². The Bertz CT molecular complexity index is 773. The average Bonchev–Trinajstić information content (AvgIpc) is 3.02. The molecule has 5 aliphatic heterocycles. The van der Waals surface area contributed by atoms with Gasteiger partial charge >= 0.3 is 6.03 Å². The zero-order chi connectivity index (χ0) is 20.4. The summed E-state index contributed by atoms with van der Waals surface area (Å²) >= 11 is 0. The molecular weight excluding hydrogens is 372 g/mol. The molecule has 0 unspecified atom stereocenters. The summed E-state index contributed by atoms with van der Waals surface area (Å²) in [6.07, 6.45) is 14.5. The topological polar surface area (TPSA) is 47.9 Å². The van der Waals surface area contributed by atoms with Crippen LogP contribution >= 0.6 is 0 Å². The van der Waals surface area contributed by atoms with Gasteiger partial charge in [0.15, 0.2) is 0 Å². The Balaban J connectivity index is 1.46. The lowest BCUT2D eigenvalue weighted by atomic mass is 9.83. The van der Waals surface area contributed by atoms with Gasteiger partial charge in [0.05, 0.1) is 0 Å². The molecule has 2 amide bonds. The van der Waals surface area contributed by atoms with Crippen LogP contribution in [0.1, 0.15) is 76.2 Å². The minimum Gasteiger partial charge on any atom is -0.369 e. The number of nitrogens with one attached hydrogen (secondary N) is 1. The second kappa shape index (κ2) is 8.70. The lowest BCUT2D eigenvalue weighted by molar-refractivity contribution is 0.185. The second-order valence-corrected chi connectivity index (χ2v) is 9.76. The van der Waals surface area contributed by atoms with E-state index >= 15 is 0 Å². The molecule has 1 aromatic carbocycles. The van der Waals surface area contributed by atoms with Crippen LogP contribution in [0.2, 0.25) is 0 Å². The number of amides is 2. The summed E-state index contributed by atoms with van der Waals surface area (Å²) < 4.78 is 0. The highest BCUT2D eigenvalue weighted by atomic mass is 16.2. The first kappa shape index (κ1) is 20.0. The molecule has 162 valence electrons. The van der Waals surface area contributed by atoms with E-state index in [4.69, 9.17) is 0 Å². The van der Waals surface area contributed by atoms with Crippen LogP contribution in [0.4, 0.5) is 10.5 Å². The molecule has 4 bridgehead atoms. The molecule has 1 aromatic rings. The van der Waals surface area contributed by atoms with Gasteiger partial charge in [0.1, 0.15) is 11.4 Å². The smallest absolute Gasteiger partial charge is 0.350 e. The first-order valence-corrected chi connectivity index (χ1v) is 12.3. The second-order valence-electron chi connectivity index (χ2n) is 9.76. The normalized spacial score (nSPS) is 30.5. The fraction of sp³-hybridized carbons (Fsp3) is 0.680. The number of hydrogen-bond acceptors (Lipinski definition) is 3. The van der Waals surface area contributed by atoms with Crippen LogP contribution in [0, 0.1) is 0 Å². The van der Waals surface area contributed by atoms with Crippen molar-refractivity contribution in [1.29, 1.82) is 0 Å². The number of fused-ring (bicyclic) bond motifs is 2. The Morgan fingerprint density at radius 3 is 2.33 bits per heavy atom. The van der Waals surface area contributed by atoms with Crippen molar-refractivity contribution in [1.82, 2.24) is 10.2 Å². The van der Waals surface area contributed by atoms with Crippen LogP contribution in [-0.4, -0.2) is 48.0 Å². The zero-order valence-corrected chi connectivity index (χ0v) is 18.2. The SMILES string of the molecule is O=C1N=C(NC2CCCCC2)C23CCN(CCCCCCc4ccc(cc4)N12)CC3. The van der Waals surface area contributed by atoms with Crippen LogP contribution in [-0.2, 0) is 6.42 Å². The van der Waals surface area contributed by atoms with Crippen LogP contribution in [0.3, 0.4) is 0 Å². The zero-order valence-electron chi connectivity index (χ0n) is 18.2. The largest absolute Gasteiger partial charge is 0.369 e. The molecule has 1 aliphatic carbocycles. The summed E-state index contributed by atoms with van der Waals surface area (Å²) in [5.74, 6) is 0.951. The van der Waals surface area contributed by atoms with Crippen LogP contribution in [0.5, 0.6) is 0 Å². The third-order valence-corrected chi connectivity index (χ3v) is 7.78. The Hall–Kier alpha value is -1.88. The minimum absolute atomic E-state index is 0.0844. The predicted octanol–water partition coefficient (Wildman–Crippen LogP) is 4.90. The molecule has 0 atom stereocenters. The number of urea groups is 1. The summed E-state index contributed by atoms with van der Waals surface area (Å²) in [7, 11) is 0. The molecule has 5 heterocycles. The van der Waals surface area contributed by atoms with E-state index in [0.717, 1.165) is 43.9 Å². The highest BCUT2D eigenvalue weighted by Gasteiger charge is 2.52. The van der Waals surface area contributed by atoms with Gasteiger partial charge in [-0.3, -0.25) is 4.90 Å². The standard InChI is InChI=1S/C25H36N4O/c30-24-27-23(26-21-9-5-3-6-10-21)25-15-18-28(19-16-25)17-7-2-1-4-8-20-11-13-22(14-12-20)29(24)25/h11-14,21H,1-10,15-19H2,(H,26,27,30). The van der Waals surface area contributed by atoms with E-state index in [9.17, 15) is 4.79 Å². The van der Waals surface area contributed by atoms with Crippen molar-refractivity contribution >= 4 is 17.6 Å². The fourth-order valence-electron chi connectivity index (χ4n) is 5.94. The summed E-state index contributed by atoms with van der Waals surface area (Å²) in [4.78, 5) is 22.5. The van der Waals surface area contributed by atoms with Gasteiger partial charge in [-0.2, -0.15) is 4.99 Å². The van der Waals surface area contributed by atoms with Crippen molar-refractivity contribution in [2.75, 3.05) is 24.5 Å². The van der Waals surface area contributed by atoms with Crippen LogP contribution < -0.4 is 10.2 Å². The molecule has 0 radical (unpaired) electrons. The predicted molar refractivity (Wildman–Crippen MR) is 122 cm³/mol. The molecule has 30 heavy (non-hydrogen) atoms. The van der Waals surface area contributed by atoms with Gasteiger partial charge in [-0.05, 0) is 69.2 Å². The maximum absolute atomic E-state index is 13.2. The Kier molecular flexibility index (Phi) is 5.81. The molecular formula is C25H36N4O. The lowest BCUT2D eigenvalue weighted by Crippen LogP contribution is -2.62. The van der Waals surface area contributed by atoms with E-state index in [1.165, 1.54) is 69.9 Å². The molecule has 6 aliphatic rings. The van der Waals surface area contributed by atoms with Crippen molar-refractivity contribution in [3.8, 4) is 0 Å². The maximum atomic E-state index is 13.2. The van der Waals surface area contributed by atoms with E-state index < -0.39 is 0 Å². The van der Waals surface area contributed by atoms with Crippen molar-refractivity contribution in [2.45, 2.75) is 88.6 Å². The molecule has 1 saturated carbocycles. The number of nitrogens with zero attached hydrogens (tertiary/aromatic N) is 3. The van der Waals surface area contributed by atoms with Gasteiger partial charge in [-0.15, -0.1) is 0 Å². The molecule has 7 rings (SSSR count). The highest BCUT2D eigenvalue weighted by molar-refractivity contribution is 6.16. The number of carbonyl (C=O) groups is 1. The van der Waals surface area contributed by atoms with E-state index in [1.807, 2.05) is 4.90 Å².